The summed E-state index contributed by atoms with van der Waals surface area (Å²) in [4.78, 5) is 28.9. The topological polar surface area (TPSA) is 130 Å². The largest absolute Gasteiger partial charge is 0.353 e. The zero-order valence-corrected chi connectivity index (χ0v) is 15.7. The maximum atomic E-state index is 14.1. The van der Waals surface area contributed by atoms with Gasteiger partial charge in [0.15, 0.2) is 6.04 Å². The third kappa shape index (κ3) is 3.94. The Balaban J connectivity index is 0.00000240. The molecule has 3 aliphatic rings. The molecule has 0 aliphatic carbocycles. The summed E-state index contributed by atoms with van der Waals surface area (Å²) in [5.41, 5.74) is 1.55. The van der Waals surface area contributed by atoms with Gasteiger partial charge in [0.1, 0.15) is 29.6 Å². The van der Waals surface area contributed by atoms with E-state index in [9.17, 15) is 19.2 Å². The van der Waals surface area contributed by atoms with E-state index >= 15 is 0 Å². The van der Waals surface area contributed by atoms with Crippen molar-refractivity contribution in [3.63, 3.8) is 0 Å². The first kappa shape index (κ1) is 20.0. The summed E-state index contributed by atoms with van der Waals surface area (Å²) in [6, 6.07) is 3.65. The van der Waals surface area contributed by atoms with Crippen LogP contribution < -0.4 is 16.0 Å². The number of hydrogen-bond acceptors (Lipinski definition) is 6. The Morgan fingerprint density at radius 2 is 2.24 bits per heavy atom. The van der Waals surface area contributed by atoms with Gasteiger partial charge in [-0.3, -0.25) is 14.6 Å². The summed E-state index contributed by atoms with van der Waals surface area (Å²) < 4.78 is 14.1. The number of fused-ring (bicyclic) bond motifs is 1. The van der Waals surface area contributed by atoms with Crippen LogP contribution in [-0.4, -0.2) is 24.1 Å². The quantitative estimate of drug-likeness (QED) is 0.668. The van der Waals surface area contributed by atoms with Crippen molar-refractivity contribution in [3.8, 4) is 12.1 Å². The van der Waals surface area contributed by atoms with Crippen molar-refractivity contribution in [3.05, 3.63) is 58.7 Å². The van der Waals surface area contributed by atoms with Crippen molar-refractivity contribution in [1.29, 1.82) is 10.5 Å². The molecule has 29 heavy (non-hydrogen) atoms. The maximum absolute atomic E-state index is 14.1. The zero-order valence-electron chi connectivity index (χ0n) is 15.7. The van der Waals surface area contributed by atoms with Crippen molar-refractivity contribution in [1.82, 2.24) is 16.0 Å². The Hall–Kier alpha value is -3.72. The van der Waals surface area contributed by atoms with Gasteiger partial charge in [0.05, 0.1) is 18.5 Å². The molecule has 2 amide bonds. The molecule has 0 aromatic heterocycles. The summed E-state index contributed by atoms with van der Waals surface area (Å²) in [6.45, 7) is 3.23. The lowest BCUT2D eigenvalue weighted by atomic mass is 9.86. The molecule has 0 saturated heterocycles. The fraction of sp³-hybridized carbons (Fsp3) is 0.250. The Labute approximate surface area is 170 Å². The molecule has 0 spiro atoms. The second kappa shape index (κ2) is 8.11. The Morgan fingerprint density at radius 3 is 2.90 bits per heavy atom. The number of dihydropyridines is 2. The summed E-state index contributed by atoms with van der Waals surface area (Å²) in [7, 11) is 0. The molecule has 0 aromatic carbocycles. The van der Waals surface area contributed by atoms with E-state index in [2.05, 4.69) is 20.9 Å². The van der Waals surface area contributed by atoms with Crippen molar-refractivity contribution < 1.29 is 16.8 Å². The number of aliphatic imine (C=N–C) groups is 1. The van der Waals surface area contributed by atoms with Crippen LogP contribution >= 0.6 is 0 Å². The summed E-state index contributed by atoms with van der Waals surface area (Å²) in [5, 5.41) is 26.2. The van der Waals surface area contributed by atoms with E-state index < -0.39 is 29.6 Å². The van der Waals surface area contributed by atoms with Crippen molar-refractivity contribution in [2.45, 2.75) is 26.3 Å². The van der Waals surface area contributed by atoms with Crippen molar-refractivity contribution in [2.75, 3.05) is 0 Å². The van der Waals surface area contributed by atoms with E-state index in [1.54, 1.807) is 26.1 Å². The number of nitriles is 2. The molecule has 9 heteroatoms. The highest BCUT2D eigenvalue weighted by molar-refractivity contribution is 6.03. The minimum absolute atomic E-state index is 0. The van der Waals surface area contributed by atoms with E-state index in [0.717, 1.165) is 6.08 Å². The van der Waals surface area contributed by atoms with E-state index in [0.29, 0.717) is 17.2 Å². The van der Waals surface area contributed by atoms with E-state index in [4.69, 9.17) is 5.26 Å². The molecular formula is C20H21FN6O2. The predicted molar refractivity (Wildman–Crippen MR) is 105 cm³/mol. The van der Waals surface area contributed by atoms with Gasteiger partial charge in [-0.25, -0.2) is 4.39 Å². The number of carbonyl (C=O) groups excluding carboxylic acids is 2. The number of allylic oxidation sites excluding steroid dienone is 2. The van der Waals surface area contributed by atoms with E-state index in [1.165, 1.54) is 6.21 Å². The van der Waals surface area contributed by atoms with Crippen LogP contribution in [0.2, 0.25) is 0 Å². The standard InChI is InChI=1S/C20H17FN6O2.2H2/c1-10-13(20(29)27-15-3-4-24-16(8-23)18(10)15)6-17(28)26-11(2)19-14(21)5-12(7-22)9-25-19;;/h3-5,9,11-12,24H,6H2,1-2H3,(H,26,28)(H,27,29);2*1H/t11-,12?;;/m0../s1. The second-order valence-electron chi connectivity index (χ2n) is 6.61. The molecule has 0 bridgehead atoms. The molecule has 1 unspecified atom stereocenters. The SMILES string of the molecule is CC1=C(CC(=O)N[C@@H](C)[C]2N=CC(C#N)C=C2F)C(=O)N[C]2C=CNC(C#N)=C21.[HH].[HH]. The maximum Gasteiger partial charge on any atom is 0.249 e. The molecule has 8 nitrogen and oxygen atoms in total. The lowest BCUT2D eigenvalue weighted by molar-refractivity contribution is -0.123. The van der Waals surface area contributed by atoms with Crippen LogP contribution in [0, 0.1) is 40.7 Å². The number of amides is 2. The minimum atomic E-state index is -0.752. The van der Waals surface area contributed by atoms with Crippen molar-refractivity contribution >= 4 is 18.0 Å². The van der Waals surface area contributed by atoms with E-state index in [-0.39, 0.29) is 26.6 Å². The lowest BCUT2D eigenvalue weighted by Gasteiger charge is -2.30. The van der Waals surface area contributed by atoms with Crippen LogP contribution in [0.4, 0.5) is 4.39 Å². The average Bonchev–Trinajstić information content (AvgIpc) is 2.70. The molecule has 150 valence electrons. The average molecular weight is 396 g/mol. The van der Waals surface area contributed by atoms with Gasteiger partial charge >= 0.3 is 0 Å². The van der Waals surface area contributed by atoms with Gasteiger partial charge in [-0.05, 0) is 31.6 Å². The van der Waals surface area contributed by atoms with Crippen LogP contribution in [0.25, 0.3) is 0 Å². The number of nitrogens with zero attached hydrogens (tertiary/aromatic N) is 3. The fourth-order valence-corrected chi connectivity index (χ4v) is 3.23. The Bertz CT molecular complexity index is 1000. The zero-order chi connectivity index (χ0) is 21.1. The van der Waals surface area contributed by atoms with Gasteiger partial charge < -0.3 is 16.0 Å². The number of hydrogen-bond donors (Lipinski definition) is 3. The molecule has 0 saturated carbocycles. The molecular weight excluding hydrogens is 375 g/mol. The van der Waals surface area contributed by atoms with Gasteiger partial charge in [-0.15, -0.1) is 0 Å². The Morgan fingerprint density at radius 1 is 1.48 bits per heavy atom. The highest BCUT2D eigenvalue weighted by atomic mass is 19.1. The Kier molecular flexibility index (Phi) is 5.60. The molecule has 0 fully saturated rings. The molecule has 2 atom stereocenters. The van der Waals surface area contributed by atoms with Crippen LogP contribution in [0.1, 0.15) is 23.1 Å². The molecule has 3 heterocycles. The van der Waals surface area contributed by atoms with Crippen LogP contribution in [0.3, 0.4) is 0 Å². The van der Waals surface area contributed by atoms with Crippen LogP contribution in [0.15, 0.2) is 51.6 Å². The first-order chi connectivity index (χ1) is 13.8. The van der Waals surface area contributed by atoms with E-state index in [1.807, 2.05) is 12.1 Å². The number of nitrogens with one attached hydrogen (secondary N) is 3. The van der Waals surface area contributed by atoms with Gasteiger partial charge in [0, 0.05) is 26.4 Å². The summed E-state index contributed by atoms with van der Waals surface area (Å²) in [6.07, 6.45) is 5.37. The molecule has 3 aliphatic heterocycles. The first-order valence-corrected chi connectivity index (χ1v) is 8.79. The molecule has 3 rings (SSSR count). The van der Waals surface area contributed by atoms with Crippen LogP contribution in [0.5, 0.6) is 0 Å². The highest BCUT2D eigenvalue weighted by Gasteiger charge is 2.34. The van der Waals surface area contributed by atoms with Crippen LogP contribution in [-0.2, 0) is 9.59 Å². The smallest absolute Gasteiger partial charge is 0.249 e. The first-order valence-electron chi connectivity index (χ1n) is 8.79. The molecule has 0 aromatic rings. The van der Waals surface area contributed by atoms with Crippen molar-refractivity contribution in [2.24, 2.45) is 10.9 Å². The number of carbonyl (C=O) groups is 2. The summed E-state index contributed by atoms with van der Waals surface area (Å²) >= 11 is 0. The third-order valence-electron chi connectivity index (χ3n) is 4.68. The fourth-order valence-electron chi connectivity index (χ4n) is 3.23. The van der Waals surface area contributed by atoms with Gasteiger partial charge in [-0.1, -0.05) is 0 Å². The third-order valence-corrected chi connectivity index (χ3v) is 4.68. The molecule has 3 N–H and O–H groups in total. The van der Waals surface area contributed by atoms with Gasteiger partial charge in [-0.2, -0.15) is 10.5 Å². The normalized spacial score (nSPS) is 22.7. The van der Waals surface area contributed by atoms with Gasteiger partial charge in [0.2, 0.25) is 11.8 Å². The number of halogens is 1. The lowest BCUT2D eigenvalue weighted by Crippen LogP contribution is -2.41. The summed E-state index contributed by atoms with van der Waals surface area (Å²) in [5.74, 6) is -2.34. The molecule has 2 radical (unpaired) electrons. The monoisotopic (exact) mass is 396 g/mol. The van der Waals surface area contributed by atoms with Gasteiger partial charge in [0.25, 0.3) is 0 Å². The second-order valence-corrected chi connectivity index (χ2v) is 6.61. The number of rotatable bonds is 4. The minimum Gasteiger partial charge on any atom is -0.353 e. The predicted octanol–water partition coefficient (Wildman–Crippen LogP) is 1.86. The highest BCUT2D eigenvalue weighted by Crippen LogP contribution is 2.33.